The second-order valence-corrected chi connectivity index (χ2v) is 8.57. The first-order valence-corrected chi connectivity index (χ1v) is 11.7. The number of rotatable bonds is 15. The van der Waals surface area contributed by atoms with E-state index < -0.39 is 0 Å². The van der Waals surface area contributed by atoms with Gasteiger partial charge >= 0.3 is 0 Å². The van der Waals surface area contributed by atoms with Crippen LogP contribution in [0.1, 0.15) is 78.1 Å². The second kappa shape index (κ2) is 14.8. The molecule has 0 spiro atoms. The Morgan fingerprint density at radius 1 is 1.21 bits per heavy atom. The van der Waals surface area contributed by atoms with Gasteiger partial charge in [0.15, 0.2) is 0 Å². The van der Waals surface area contributed by atoms with Crippen molar-refractivity contribution in [3.8, 4) is 0 Å². The normalized spacial score (nSPS) is 19.6. The van der Waals surface area contributed by atoms with Crippen molar-refractivity contribution < 1.29 is 14.0 Å². The molecular formula is C22H40BN3O2S+. The van der Waals surface area contributed by atoms with Gasteiger partial charge in [0.25, 0.3) is 7.28 Å². The molecule has 7 heteroatoms. The minimum atomic E-state index is 0.104. The number of hydrogen-bond donors (Lipinski definition) is 2. The largest absolute Gasteiger partial charge is 0.477 e. The molecule has 1 N–H and O–H groups in total. The van der Waals surface area contributed by atoms with Gasteiger partial charge in [-0.3, -0.25) is 5.41 Å². The highest BCUT2D eigenvalue weighted by Crippen LogP contribution is 2.19. The lowest BCUT2D eigenvalue weighted by Gasteiger charge is -2.38. The lowest BCUT2D eigenvalue weighted by atomic mass is 9.70. The van der Waals surface area contributed by atoms with E-state index in [2.05, 4.69) is 44.2 Å². The maximum absolute atomic E-state index is 12.2. The summed E-state index contributed by atoms with van der Waals surface area (Å²) in [4.78, 5) is 12.2. The summed E-state index contributed by atoms with van der Waals surface area (Å²) in [5.41, 5.74) is 1.78. The monoisotopic (exact) mass is 421 g/mol. The Morgan fingerprint density at radius 3 is 2.55 bits per heavy atom. The third-order valence-electron chi connectivity index (χ3n) is 5.51. The van der Waals surface area contributed by atoms with E-state index in [4.69, 9.17) is 10.1 Å². The number of hydrogen-bond acceptors (Lipinski definition) is 5. The highest BCUT2D eigenvalue weighted by molar-refractivity contribution is 7.79. The summed E-state index contributed by atoms with van der Waals surface area (Å²) in [5.74, 6) is 0.104. The van der Waals surface area contributed by atoms with Crippen molar-refractivity contribution in [1.29, 1.82) is 5.41 Å². The summed E-state index contributed by atoms with van der Waals surface area (Å²) in [6.07, 6.45) is 13.4. The summed E-state index contributed by atoms with van der Waals surface area (Å²) in [5, 5.41) is 8.26. The van der Waals surface area contributed by atoms with Crippen LogP contribution in [-0.4, -0.2) is 62.2 Å². The van der Waals surface area contributed by atoms with E-state index in [9.17, 15) is 4.79 Å². The molecule has 1 aliphatic heterocycles. The zero-order valence-corrected chi connectivity index (χ0v) is 19.6. The molecule has 1 rings (SSSR count). The van der Waals surface area contributed by atoms with Gasteiger partial charge in [0.05, 0.1) is 32.3 Å². The van der Waals surface area contributed by atoms with Gasteiger partial charge in [0.2, 0.25) is 5.90 Å². The van der Waals surface area contributed by atoms with Gasteiger partial charge in [0, 0.05) is 12.0 Å². The van der Waals surface area contributed by atoms with Crippen LogP contribution in [0.5, 0.6) is 0 Å². The summed E-state index contributed by atoms with van der Waals surface area (Å²) in [6, 6.07) is 0. The first-order valence-electron chi connectivity index (χ1n) is 11.3. The molecule has 0 bridgehead atoms. The van der Waals surface area contributed by atoms with Crippen LogP contribution in [0.25, 0.3) is 0 Å². The SMILES string of the molecule is CCCCCCOC(=N)/C(=N\S)C1=CCC[N+](C)(C[B]C(=O)CCCCCC)C1. The average Bonchev–Trinajstić information content (AvgIpc) is 2.70. The van der Waals surface area contributed by atoms with Gasteiger partial charge in [-0.2, -0.15) is 0 Å². The van der Waals surface area contributed by atoms with Gasteiger partial charge in [-0.25, -0.2) is 4.40 Å². The van der Waals surface area contributed by atoms with Crippen LogP contribution in [0, 0.1) is 5.41 Å². The molecule has 1 atom stereocenters. The molecule has 29 heavy (non-hydrogen) atoms. The molecule has 1 aliphatic rings. The Balaban J connectivity index is 2.49. The quantitative estimate of drug-likeness (QED) is 0.0998. The van der Waals surface area contributed by atoms with Crippen LogP contribution in [0.15, 0.2) is 16.0 Å². The van der Waals surface area contributed by atoms with Crippen LogP contribution >= 0.6 is 12.8 Å². The smallest absolute Gasteiger partial charge is 0.275 e. The van der Waals surface area contributed by atoms with Gasteiger partial charge < -0.3 is 14.0 Å². The third-order valence-corrected chi connectivity index (χ3v) is 5.71. The molecule has 1 unspecified atom stereocenters. The summed E-state index contributed by atoms with van der Waals surface area (Å²) >= 11 is 4.10. The fourth-order valence-corrected chi connectivity index (χ4v) is 3.83. The topological polar surface area (TPSA) is 62.5 Å². The Morgan fingerprint density at radius 2 is 1.90 bits per heavy atom. The molecule has 5 nitrogen and oxygen atoms in total. The predicted molar refractivity (Wildman–Crippen MR) is 127 cm³/mol. The highest BCUT2D eigenvalue weighted by atomic mass is 32.1. The number of quaternary nitrogens is 1. The van der Waals surface area contributed by atoms with Crippen LogP contribution in [-0.2, 0) is 9.53 Å². The van der Waals surface area contributed by atoms with Gasteiger partial charge in [-0.1, -0.05) is 58.4 Å². The zero-order valence-electron chi connectivity index (χ0n) is 18.7. The number of carbonyl (C=O) groups is 1. The molecule has 1 heterocycles. The molecule has 0 aromatic carbocycles. The first-order chi connectivity index (χ1) is 14.0. The Hall–Kier alpha value is -1.08. The van der Waals surface area contributed by atoms with Crippen molar-refractivity contribution >= 4 is 37.4 Å². The number of nitrogens with zero attached hydrogens (tertiary/aromatic N) is 2. The van der Waals surface area contributed by atoms with Crippen LogP contribution in [0.2, 0.25) is 0 Å². The molecule has 0 aromatic rings. The lowest BCUT2D eigenvalue weighted by molar-refractivity contribution is -0.895. The molecule has 0 saturated carbocycles. The Labute approximate surface area is 184 Å². The molecule has 0 aromatic heterocycles. The van der Waals surface area contributed by atoms with E-state index in [1.165, 1.54) is 25.7 Å². The number of likely N-dealkylation sites (N-methyl/N-ethyl adjacent to an activating group) is 1. The van der Waals surface area contributed by atoms with Crippen molar-refractivity contribution in [2.24, 2.45) is 4.40 Å². The minimum Gasteiger partial charge on any atom is -0.477 e. The van der Waals surface area contributed by atoms with Crippen molar-refractivity contribution in [2.45, 2.75) is 78.1 Å². The molecule has 0 amide bonds. The number of nitrogens with one attached hydrogen (secondary N) is 1. The minimum absolute atomic E-state index is 0.104. The van der Waals surface area contributed by atoms with E-state index in [1.807, 2.05) is 7.28 Å². The van der Waals surface area contributed by atoms with E-state index >= 15 is 0 Å². The molecule has 0 saturated heterocycles. The van der Waals surface area contributed by atoms with Gasteiger partial charge in [0.1, 0.15) is 12.3 Å². The first kappa shape index (κ1) is 26.0. The Bertz CT molecular complexity index is 580. The number of ether oxygens (including phenoxy) is 1. The fraction of sp³-hybridized carbons (Fsp3) is 0.773. The molecular weight excluding hydrogens is 381 g/mol. The third kappa shape index (κ3) is 10.5. The number of carbonyl (C=O) groups excluding carboxylic acids is 1. The highest BCUT2D eigenvalue weighted by Gasteiger charge is 2.31. The van der Waals surface area contributed by atoms with E-state index in [0.29, 0.717) is 18.7 Å². The van der Waals surface area contributed by atoms with Crippen molar-refractivity contribution in [3.63, 3.8) is 0 Å². The van der Waals surface area contributed by atoms with Crippen molar-refractivity contribution in [1.82, 2.24) is 0 Å². The van der Waals surface area contributed by atoms with Crippen LogP contribution in [0.3, 0.4) is 0 Å². The van der Waals surface area contributed by atoms with E-state index in [1.54, 1.807) is 0 Å². The zero-order chi connectivity index (χ0) is 21.5. The number of unbranched alkanes of at least 4 members (excludes halogenated alkanes) is 6. The number of thiol groups is 1. The van der Waals surface area contributed by atoms with Gasteiger partial charge in [-0.05, 0) is 32.1 Å². The second-order valence-electron chi connectivity index (χ2n) is 8.37. The van der Waals surface area contributed by atoms with E-state index in [-0.39, 0.29) is 11.6 Å². The molecule has 0 aliphatic carbocycles. The van der Waals surface area contributed by atoms with Crippen molar-refractivity contribution in [2.75, 3.05) is 33.2 Å². The standard InChI is InChI=1S/C22H39BN3O2S/c1-4-6-8-10-14-20(27)23-18-26(3)15-12-13-19(17-26)21(25-29)22(24)28-16-11-9-7-5-2/h13H,4-12,14-18H2,1-3H3,(H-,24,29)/p+1. The van der Waals surface area contributed by atoms with E-state index in [0.717, 1.165) is 61.7 Å². The van der Waals surface area contributed by atoms with Crippen LogP contribution in [0.4, 0.5) is 0 Å². The average molecular weight is 421 g/mol. The van der Waals surface area contributed by atoms with Crippen molar-refractivity contribution in [3.05, 3.63) is 11.6 Å². The maximum atomic E-state index is 12.2. The molecule has 1 radical (unpaired) electrons. The summed E-state index contributed by atoms with van der Waals surface area (Å²) in [6.45, 7) is 6.62. The molecule has 163 valence electrons. The molecule has 0 fully saturated rings. The fourth-order valence-electron chi connectivity index (χ4n) is 3.61. The predicted octanol–water partition coefficient (Wildman–Crippen LogP) is 4.78. The Kier molecular flexibility index (Phi) is 13.3. The van der Waals surface area contributed by atoms with Gasteiger partial charge in [-0.15, -0.1) is 0 Å². The maximum Gasteiger partial charge on any atom is 0.275 e. The van der Waals surface area contributed by atoms with Crippen LogP contribution < -0.4 is 0 Å². The lowest BCUT2D eigenvalue weighted by Crippen LogP contribution is -2.52. The summed E-state index contributed by atoms with van der Waals surface area (Å²) < 4.78 is 10.4. The summed E-state index contributed by atoms with van der Waals surface area (Å²) in [7, 11) is 4.03.